The molecule has 1 aliphatic carbocycles. The third-order valence-corrected chi connectivity index (χ3v) is 5.42. The summed E-state index contributed by atoms with van der Waals surface area (Å²) < 4.78 is 3.11. The van der Waals surface area contributed by atoms with Gasteiger partial charge in [-0.3, -0.25) is 4.79 Å². The molecule has 0 atom stereocenters. The van der Waals surface area contributed by atoms with Gasteiger partial charge in [0.25, 0.3) is 0 Å². The third-order valence-electron chi connectivity index (χ3n) is 4.74. The minimum atomic E-state index is 0.0606. The first-order valence-electron chi connectivity index (χ1n) is 7.88. The van der Waals surface area contributed by atoms with Crippen molar-refractivity contribution in [1.82, 2.24) is 9.97 Å². The Kier molecular flexibility index (Phi) is 3.70. The molecule has 0 radical (unpaired) electrons. The van der Waals surface area contributed by atoms with E-state index < -0.39 is 0 Å². The molecule has 5 heteroatoms. The van der Waals surface area contributed by atoms with Crippen LogP contribution in [0.4, 0.5) is 0 Å². The van der Waals surface area contributed by atoms with Gasteiger partial charge in [0.1, 0.15) is 31.2 Å². The zero-order valence-corrected chi connectivity index (χ0v) is 14.2. The number of benzene rings is 1. The van der Waals surface area contributed by atoms with Crippen LogP contribution in [0.5, 0.6) is 0 Å². The summed E-state index contributed by atoms with van der Waals surface area (Å²) in [7, 11) is 2.07. The predicted molar refractivity (Wildman–Crippen MR) is 91.4 cm³/mol. The molecule has 4 nitrogen and oxygen atoms in total. The summed E-state index contributed by atoms with van der Waals surface area (Å²) in [6.07, 6.45) is 4.07. The maximum atomic E-state index is 12.7. The average molecular weight is 327 g/mol. The van der Waals surface area contributed by atoms with Crippen LogP contribution in [0, 0.1) is 0 Å². The Hall–Kier alpha value is -1.72. The maximum absolute atomic E-state index is 12.7. The summed E-state index contributed by atoms with van der Waals surface area (Å²) in [5.41, 5.74) is 3.22. The molecule has 0 bridgehead atoms. The maximum Gasteiger partial charge on any atom is 0.198 e. The highest BCUT2D eigenvalue weighted by Crippen LogP contribution is 2.40. The molecule has 1 aromatic carbocycles. The molecule has 1 aromatic heterocycles. The van der Waals surface area contributed by atoms with Gasteiger partial charge in [-0.05, 0) is 6.26 Å². The number of hydrogen-bond acceptors (Lipinski definition) is 4. The van der Waals surface area contributed by atoms with Gasteiger partial charge in [-0.15, -0.1) is 11.8 Å². The second kappa shape index (κ2) is 5.73. The average Bonchev–Trinajstić information content (AvgIpc) is 2.88. The van der Waals surface area contributed by atoms with Crippen LogP contribution in [0.15, 0.2) is 29.3 Å². The highest BCUT2D eigenvalue weighted by atomic mass is 32.2. The first kappa shape index (κ1) is 14.8. The quantitative estimate of drug-likeness (QED) is 0.411. The number of carbonyl (C=O) groups excluding carboxylic acids is 1. The number of nitrogens with zero attached hydrogens (tertiary/aromatic N) is 2. The summed E-state index contributed by atoms with van der Waals surface area (Å²) in [4.78, 5) is 22.3. The number of carbonyl (C=O) groups is 1. The molecule has 118 valence electrons. The molecule has 2 heterocycles. The smallest absolute Gasteiger partial charge is 0.198 e. The standard InChI is InChI=1S/C18H19N2O2S/c1-22-9-7-11(8-10-22)17-19-15-12-5-3-4-6-13(12)16(21)14(15)18(20-17)23-2/h3-6,11H,7-10H2,1-2H3/q+1. The molecular formula is C18H19N2O2S+. The molecular weight excluding hydrogens is 308 g/mol. The fourth-order valence-corrected chi connectivity index (χ4v) is 3.98. The van der Waals surface area contributed by atoms with Crippen molar-refractivity contribution in [2.75, 3.05) is 26.6 Å². The lowest BCUT2D eigenvalue weighted by molar-refractivity contribution is -0.124. The van der Waals surface area contributed by atoms with Gasteiger partial charge in [0.2, 0.25) is 0 Å². The Morgan fingerprint density at radius 1 is 1.13 bits per heavy atom. The van der Waals surface area contributed by atoms with Crippen molar-refractivity contribution >= 4 is 17.5 Å². The molecule has 1 aliphatic heterocycles. The lowest BCUT2D eigenvalue weighted by Gasteiger charge is -2.25. The van der Waals surface area contributed by atoms with E-state index in [-0.39, 0.29) is 5.78 Å². The fraction of sp³-hybridized carbons (Fsp3) is 0.389. The second-order valence-electron chi connectivity index (χ2n) is 6.15. The fourth-order valence-electron chi connectivity index (χ4n) is 3.40. The minimum absolute atomic E-state index is 0.0606. The van der Waals surface area contributed by atoms with Crippen LogP contribution in [0.3, 0.4) is 0 Å². The largest absolute Gasteiger partial charge is 0.424 e. The van der Waals surface area contributed by atoms with Gasteiger partial charge in [-0.1, -0.05) is 24.3 Å². The Morgan fingerprint density at radius 2 is 1.83 bits per heavy atom. The highest BCUT2D eigenvalue weighted by molar-refractivity contribution is 7.98. The van der Waals surface area contributed by atoms with Gasteiger partial charge < -0.3 is 4.37 Å². The zero-order chi connectivity index (χ0) is 16.0. The van der Waals surface area contributed by atoms with Gasteiger partial charge in [0, 0.05) is 29.9 Å². The Morgan fingerprint density at radius 3 is 2.52 bits per heavy atom. The number of aromatic nitrogens is 2. The van der Waals surface area contributed by atoms with Crippen LogP contribution in [-0.4, -0.2) is 42.3 Å². The van der Waals surface area contributed by atoms with Gasteiger partial charge in [0.05, 0.1) is 11.3 Å². The number of ketones is 1. The molecule has 0 unspecified atom stereocenters. The number of hydrogen-bond donors (Lipinski definition) is 0. The molecule has 1 saturated heterocycles. The van der Waals surface area contributed by atoms with Crippen molar-refractivity contribution < 1.29 is 9.16 Å². The SMILES string of the molecule is CSc1nc(C2CC[O+](C)CC2)nc2c1C(=O)c1ccccc1-2. The van der Waals surface area contributed by atoms with Crippen LogP contribution in [0.1, 0.15) is 40.5 Å². The lowest BCUT2D eigenvalue weighted by atomic mass is 9.99. The number of rotatable bonds is 2. The van der Waals surface area contributed by atoms with E-state index in [4.69, 9.17) is 9.97 Å². The van der Waals surface area contributed by atoms with Crippen LogP contribution < -0.4 is 0 Å². The van der Waals surface area contributed by atoms with E-state index in [1.165, 1.54) is 11.8 Å². The van der Waals surface area contributed by atoms with E-state index in [0.717, 1.165) is 53.7 Å². The molecule has 23 heavy (non-hydrogen) atoms. The Bertz CT molecular complexity index is 783. The highest BCUT2D eigenvalue weighted by Gasteiger charge is 2.34. The molecule has 0 amide bonds. The summed E-state index contributed by atoms with van der Waals surface area (Å²) >= 11 is 1.54. The van der Waals surface area contributed by atoms with E-state index in [2.05, 4.69) is 11.5 Å². The molecule has 2 aromatic rings. The van der Waals surface area contributed by atoms with E-state index in [1.807, 2.05) is 30.5 Å². The van der Waals surface area contributed by atoms with Gasteiger partial charge in [-0.25, -0.2) is 9.97 Å². The third kappa shape index (κ3) is 2.39. The molecule has 0 saturated carbocycles. The van der Waals surface area contributed by atoms with Crippen molar-refractivity contribution in [3.05, 3.63) is 41.2 Å². The van der Waals surface area contributed by atoms with Crippen LogP contribution >= 0.6 is 11.8 Å². The summed E-state index contributed by atoms with van der Waals surface area (Å²) in [5.74, 6) is 1.33. The van der Waals surface area contributed by atoms with Crippen LogP contribution in [0.2, 0.25) is 0 Å². The van der Waals surface area contributed by atoms with Crippen LogP contribution in [-0.2, 0) is 4.37 Å². The topological polar surface area (TPSA) is 45.6 Å². The molecule has 1 fully saturated rings. The molecule has 4 rings (SSSR count). The van der Waals surface area contributed by atoms with E-state index in [9.17, 15) is 4.79 Å². The minimum Gasteiger partial charge on any atom is -0.424 e. The monoisotopic (exact) mass is 327 g/mol. The van der Waals surface area contributed by atoms with E-state index >= 15 is 0 Å². The van der Waals surface area contributed by atoms with Crippen molar-refractivity contribution in [1.29, 1.82) is 0 Å². The first-order chi connectivity index (χ1) is 11.2. The van der Waals surface area contributed by atoms with Crippen LogP contribution in [0.25, 0.3) is 11.3 Å². The number of thioether (sulfide) groups is 1. The van der Waals surface area contributed by atoms with Crippen molar-refractivity contribution in [3.8, 4) is 11.3 Å². The molecule has 0 spiro atoms. The normalized spacial score (nSPS) is 18.1. The van der Waals surface area contributed by atoms with Crippen molar-refractivity contribution in [2.45, 2.75) is 23.8 Å². The summed E-state index contributed by atoms with van der Waals surface area (Å²) in [6.45, 7) is 1.99. The summed E-state index contributed by atoms with van der Waals surface area (Å²) in [6, 6.07) is 7.75. The second-order valence-corrected chi connectivity index (χ2v) is 6.95. The summed E-state index contributed by atoms with van der Waals surface area (Å²) in [5, 5.41) is 0.817. The number of fused-ring (bicyclic) bond motifs is 3. The van der Waals surface area contributed by atoms with Gasteiger partial charge in [0.15, 0.2) is 5.78 Å². The van der Waals surface area contributed by atoms with Gasteiger partial charge in [-0.2, -0.15) is 0 Å². The Labute approximate surface area is 140 Å². The lowest BCUT2D eigenvalue weighted by Crippen LogP contribution is -2.24. The van der Waals surface area contributed by atoms with Gasteiger partial charge >= 0.3 is 0 Å². The molecule has 0 N–H and O–H groups in total. The van der Waals surface area contributed by atoms with E-state index in [0.29, 0.717) is 11.5 Å². The van der Waals surface area contributed by atoms with E-state index in [1.54, 1.807) is 0 Å². The van der Waals surface area contributed by atoms with Crippen molar-refractivity contribution in [2.24, 2.45) is 0 Å². The predicted octanol–water partition coefficient (Wildman–Crippen LogP) is 3.47. The Balaban J connectivity index is 1.83. The molecule has 2 aliphatic rings. The zero-order valence-electron chi connectivity index (χ0n) is 13.3. The first-order valence-corrected chi connectivity index (χ1v) is 9.10. The van der Waals surface area contributed by atoms with Crippen molar-refractivity contribution in [3.63, 3.8) is 0 Å².